The lowest BCUT2D eigenvalue weighted by Gasteiger charge is -2.04. The summed E-state index contributed by atoms with van der Waals surface area (Å²) in [6.07, 6.45) is -0.560. The van der Waals surface area contributed by atoms with Crippen molar-refractivity contribution in [1.82, 2.24) is 0 Å². The zero-order valence-electron chi connectivity index (χ0n) is 8.95. The van der Waals surface area contributed by atoms with Crippen molar-refractivity contribution in [1.29, 1.82) is 0 Å². The van der Waals surface area contributed by atoms with Gasteiger partial charge in [-0.1, -0.05) is 30.3 Å². The minimum absolute atomic E-state index is 0.139. The van der Waals surface area contributed by atoms with E-state index >= 15 is 0 Å². The van der Waals surface area contributed by atoms with Gasteiger partial charge in [0, 0.05) is 0 Å². The van der Waals surface area contributed by atoms with Crippen molar-refractivity contribution in [2.75, 3.05) is 6.61 Å². The first kappa shape index (κ1) is 15.3. The fraction of sp³-hybridized carbons (Fsp3) is 0.400. The predicted octanol–water partition coefficient (Wildman–Crippen LogP) is 0.504. The van der Waals surface area contributed by atoms with Crippen molar-refractivity contribution < 1.29 is 24.8 Å². The summed E-state index contributed by atoms with van der Waals surface area (Å²) in [7, 11) is -2.86. The second-order valence-corrected chi connectivity index (χ2v) is 4.41. The third kappa shape index (κ3) is 6.71. The average Bonchev–Trinajstić information content (AvgIpc) is 2.29. The lowest BCUT2D eigenvalue weighted by molar-refractivity contribution is 0.110. The fourth-order valence-corrected chi connectivity index (χ4v) is 1.26. The zero-order valence-corrected chi connectivity index (χ0v) is 9.95. The van der Waals surface area contributed by atoms with Crippen molar-refractivity contribution >= 4 is 8.03 Å². The first-order valence-electron chi connectivity index (χ1n) is 4.73. The Hall–Kier alpha value is -0.710. The maximum Gasteiger partial charge on any atom is 0.221 e. The molecule has 1 aromatic carbocycles. The average molecular weight is 248 g/mol. The lowest BCUT2D eigenvalue weighted by atomic mass is 10.2. The first-order valence-corrected chi connectivity index (χ1v) is 6.17. The molecule has 1 aromatic rings. The predicted molar refractivity (Wildman–Crippen MR) is 61.4 cm³/mol. The zero-order chi connectivity index (χ0) is 12.6. The molecule has 5 nitrogen and oxygen atoms in total. The van der Waals surface area contributed by atoms with E-state index in [1.165, 1.54) is 6.92 Å². The van der Waals surface area contributed by atoms with E-state index < -0.39 is 20.0 Å². The quantitative estimate of drug-likeness (QED) is 0.584. The first-order chi connectivity index (χ1) is 7.49. The summed E-state index contributed by atoms with van der Waals surface area (Å²) >= 11 is 0. The van der Waals surface area contributed by atoms with E-state index in [2.05, 4.69) is 0 Å². The maximum atomic E-state index is 10.4. The Labute approximate surface area is 94.9 Å². The molecule has 4 N–H and O–H groups in total. The number of aliphatic hydroxyl groups is 3. The summed E-state index contributed by atoms with van der Waals surface area (Å²) in [6, 6.07) is 8.43. The Morgan fingerprint density at radius 1 is 1.25 bits per heavy atom. The normalized spacial score (nSPS) is 15.6. The van der Waals surface area contributed by atoms with Crippen LogP contribution < -0.4 is 0 Å². The molecule has 0 spiro atoms. The van der Waals surface area contributed by atoms with Crippen LogP contribution >= 0.6 is 8.03 Å². The highest BCUT2D eigenvalue weighted by Gasteiger charge is 2.10. The smallest absolute Gasteiger partial charge is 0.221 e. The molecule has 0 radical (unpaired) electrons. The minimum Gasteiger partial charge on any atom is -0.394 e. The molecule has 0 saturated heterocycles. The summed E-state index contributed by atoms with van der Waals surface area (Å²) in [5.41, 5.74) is 0.485. The molecule has 0 amide bonds. The summed E-state index contributed by atoms with van der Waals surface area (Å²) in [5, 5.41) is 25.1. The third-order valence-corrected chi connectivity index (χ3v) is 2.41. The molecule has 0 aromatic heterocycles. The van der Waals surface area contributed by atoms with Gasteiger partial charge < -0.3 is 20.2 Å². The van der Waals surface area contributed by atoms with E-state index in [1.54, 1.807) is 30.3 Å². The van der Waals surface area contributed by atoms with Crippen LogP contribution in [0.15, 0.2) is 30.3 Å². The molecule has 6 heteroatoms. The Morgan fingerprint density at radius 2 is 1.69 bits per heavy atom. The van der Waals surface area contributed by atoms with Crippen molar-refractivity contribution in [2.45, 2.75) is 18.9 Å². The molecule has 92 valence electrons. The Bertz CT molecular complexity index is 301. The highest BCUT2D eigenvalue weighted by atomic mass is 31.1. The van der Waals surface area contributed by atoms with Gasteiger partial charge >= 0.3 is 0 Å². The monoisotopic (exact) mass is 248 g/mol. The second-order valence-electron chi connectivity index (χ2n) is 3.18. The van der Waals surface area contributed by atoms with Crippen LogP contribution in [-0.4, -0.2) is 32.9 Å². The van der Waals surface area contributed by atoms with Gasteiger partial charge in [0.15, 0.2) is 5.85 Å². The molecule has 3 unspecified atom stereocenters. The van der Waals surface area contributed by atoms with Gasteiger partial charge in [0.05, 0.1) is 12.7 Å². The van der Waals surface area contributed by atoms with E-state index in [4.69, 9.17) is 20.2 Å². The Balaban J connectivity index is 0.000000385. The van der Waals surface area contributed by atoms with E-state index in [0.29, 0.717) is 5.56 Å². The summed E-state index contributed by atoms with van der Waals surface area (Å²) < 4.78 is 10.4. The van der Waals surface area contributed by atoms with Gasteiger partial charge in [-0.3, -0.25) is 4.57 Å². The van der Waals surface area contributed by atoms with Gasteiger partial charge in [0.2, 0.25) is 8.03 Å². The third-order valence-electron chi connectivity index (χ3n) is 1.61. The van der Waals surface area contributed by atoms with E-state index in [9.17, 15) is 4.57 Å². The van der Waals surface area contributed by atoms with Crippen molar-refractivity contribution in [3.05, 3.63) is 35.9 Å². The number of rotatable bonds is 3. The topological polar surface area (TPSA) is 98.0 Å². The number of hydrogen-bond donors (Lipinski definition) is 4. The molecule has 3 atom stereocenters. The van der Waals surface area contributed by atoms with Gasteiger partial charge in [-0.05, 0) is 12.5 Å². The van der Waals surface area contributed by atoms with Crippen LogP contribution in [0.2, 0.25) is 0 Å². The summed E-state index contributed by atoms with van der Waals surface area (Å²) in [4.78, 5) is 8.57. The molecule has 0 aliphatic heterocycles. The van der Waals surface area contributed by atoms with Gasteiger partial charge in [0.1, 0.15) is 0 Å². The van der Waals surface area contributed by atoms with Gasteiger partial charge in [-0.25, -0.2) is 0 Å². The summed E-state index contributed by atoms with van der Waals surface area (Å²) in [6.45, 7) is 1.39. The Morgan fingerprint density at radius 3 is 2.00 bits per heavy atom. The van der Waals surface area contributed by atoms with Crippen LogP contribution in [-0.2, 0) is 4.57 Å². The van der Waals surface area contributed by atoms with Crippen molar-refractivity contribution in [3.8, 4) is 0 Å². The molecular weight excluding hydrogens is 231 g/mol. The van der Waals surface area contributed by atoms with E-state index in [-0.39, 0.29) is 6.61 Å². The highest BCUT2D eigenvalue weighted by molar-refractivity contribution is 7.38. The van der Waals surface area contributed by atoms with E-state index in [0.717, 1.165) is 0 Å². The van der Waals surface area contributed by atoms with E-state index in [1.807, 2.05) is 0 Å². The molecule has 0 heterocycles. The molecule has 0 aliphatic carbocycles. The van der Waals surface area contributed by atoms with Gasteiger partial charge in [-0.15, -0.1) is 0 Å². The second kappa shape index (κ2) is 8.44. The fourth-order valence-electron chi connectivity index (χ4n) is 0.778. The van der Waals surface area contributed by atoms with Crippen LogP contribution in [0.3, 0.4) is 0 Å². The molecule has 1 rings (SSSR count). The molecule has 0 bridgehead atoms. The number of benzene rings is 1. The Kier molecular flexibility index (Phi) is 8.07. The highest BCUT2D eigenvalue weighted by Crippen LogP contribution is 2.34. The van der Waals surface area contributed by atoms with Crippen molar-refractivity contribution in [3.63, 3.8) is 0 Å². The lowest BCUT2D eigenvalue weighted by Crippen LogP contribution is -2.03. The maximum absolute atomic E-state index is 10.4. The molecule has 0 fully saturated rings. The molecule has 16 heavy (non-hydrogen) atoms. The van der Waals surface area contributed by atoms with Crippen LogP contribution in [0, 0.1) is 0 Å². The number of aliphatic hydroxyl groups excluding tert-OH is 3. The molecular formula is C10H17O5P. The standard InChI is InChI=1S/C7H9O3P.C3H8O2/c8-7(11(9)10)6-4-2-1-3-5-6;1-3(5)2-4/h1-5,7-8,11H,(H,9,10);3-5H,2H2,1H3. The van der Waals surface area contributed by atoms with Gasteiger partial charge in [-0.2, -0.15) is 0 Å². The van der Waals surface area contributed by atoms with Crippen LogP contribution in [0.4, 0.5) is 0 Å². The van der Waals surface area contributed by atoms with Crippen LogP contribution in [0.25, 0.3) is 0 Å². The molecule has 0 aliphatic rings. The van der Waals surface area contributed by atoms with Gasteiger partial charge in [0.25, 0.3) is 0 Å². The summed E-state index contributed by atoms with van der Waals surface area (Å²) in [5.74, 6) is -1.22. The SMILES string of the molecule is CC(O)CO.O=[PH](O)C(O)c1ccccc1. The minimum atomic E-state index is -2.86. The number of hydrogen-bond acceptors (Lipinski definition) is 4. The van der Waals surface area contributed by atoms with Crippen molar-refractivity contribution in [2.24, 2.45) is 0 Å². The largest absolute Gasteiger partial charge is 0.394 e. The molecule has 0 saturated carbocycles. The van der Waals surface area contributed by atoms with Crippen LogP contribution in [0.5, 0.6) is 0 Å². The van der Waals surface area contributed by atoms with Crippen LogP contribution in [0.1, 0.15) is 18.3 Å².